The van der Waals surface area contributed by atoms with E-state index in [1.54, 1.807) is 18.3 Å². The second kappa shape index (κ2) is 1.58. The maximum Gasteiger partial charge on any atom is 0.0947 e. The third kappa shape index (κ3) is 0.876. The topological polar surface area (TPSA) is 28.0 Å². The molecule has 0 spiro atoms. The van der Waals surface area contributed by atoms with Gasteiger partial charge >= 0.3 is 0 Å². The zero-order valence-electron chi connectivity index (χ0n) is 4.00. The normalized spacial score (nSPS) is 15.9. The van der Waals surface area contributed by atoms with E-state index in [2.05, 4.69) is 16.1 Å². The summed E-state index contributed by atoms with van der Waals surface area (Å²) < 4.78 is 0. The third-order valence-electron chi connectivity index (χ3n) is 0.586. The minimum atomic E-state index is 1.51. The first-order valence-electron chi connectivity index (χ1n) is 1.94. The fraction of sp³-hybridized carbons (Fsp3) is 0.250. The van der Waals surface area contributed by atoms with Gasteiger partial charge in [0.1, 0.15) is 0 Å². The van der Waals surface area contributed by atoms with E-state index in [0.717, 1.165) is 0 Å². The van der Waals surface area contributed by atoms with Gasteiger partial charge in [-0.15, -0.1) is 5.11 Å². The highest BCUT2D eigenvalue weighted by Crippen LogP contribution is 1.90. The molecular weight excluding hydrogens is 90.1 g/mol. The lowest BCUT2D eigenvalue weighted by Crippen LogP contribution is -1.98. The zero-order valence-corrected chi connectivity index (χ0v) is 4.00. The van der Waals surface area contributed by atoms with Crippen LogP contribution in [-0.2, 0) is 0 Å². The molecule has 0 aromatic carbocycles. The van der Waals surface area contributed by atoms with Crippen molar-refractivity contribution in [2.75, 3.05) is 7.05 Å². The Labute approximate surface area is 41.6 Å². The molecule has 7 heavy (non-hydrogen) atoms. The number of rotatable bonds is 0. The Hall–Kier alpha value is -1.08. The van der Waals surface area contributed by atoms with Gasteiger partial charge in [-0.1, -0.05) is 11.0 Å². The smallest absolute Gasteiger partial charge is 0.0947 e. The molecule has 0 bridgehead atoms. The highest BCUT2D eigenvalue weighted by atomic mass is 15.5. The number of hydrogen-bond acceptors (Lipinski definition) is 3. The first-order valence-corrected chi connectivity index (χ1v) is 1.94. The van der Waals surface area contributed by atoms with Gasteiger partial charge in [0.05, 0.1) is 12.4 Å². The summed E-state index contributed by atoms with van der Waals surface area (Å²) in [6.07, 6.45) is 3.22. The van der Waals surface area contributed by atoms with Crippen molar-refractivity contribution in [1.82, 2.24) is 5.01 Å². The predicted octanol–water partition coefficient (Wildman–Crippen LogP) is 0.925. The molecule has 0 aliphatic carbocycles. The molecule has 0 aromatic heterocycles. The molecule has 36 valence electrons. The average molecular weight is 95.1 g/mol. The van der Waals surface area contributed by atoms with E-state index in [1.807, 2.05) is 0 Å². The van der Waals surface area contributed by atoms with Gasteiger partial charge < -0.3 is 0 Å². The molecule has 0 atom stereocenters. The third-order valence-corrected chi connectivity index (χ3v) is 0.586. The van der Waals surface area contributed by atoms with Crippen LogP contribution in [0.5, 0.6) is 0 Å². The largest absolute Gasteiger partial charge is 0.249 e. The van der Waals surface area contributed by atoms with Crippen LogP contribution in [0.2, 0.25) is 0 Å². The van der Waals surface area contributed by atoms with Crippen molar-refractivity contribution in [3.8, 4) is 0 Å². The van der Waals surface area contributed by atoms with E-state index >= 15 is 0 Å². The molecule has 3 heteroatoms. The van der Waals surface area contributed by atoms with Crippen molar-refractivity contribution in [2.24, 2.45) is 10.3 Å². The summed E-state index contributed by atoms with van der Waals surface area (Å²) in [4.78, 5) is 0. The number of nitrogens with zero attached hydrogens (tertiary/aromatic N) is 3. The summed E-state index contributed by atoms with van der Waals surface area (Å²) in [5.74, 6) is 0. The Kier molecular flexibility index (Phi) is 0.922. The molecule has 0 aromatic rings. The molecular formula is C4H5N3. The van der Waals surface area contributed by atoms with Crippen LogP contribution in [0.25, 0.3) is 0 Å². The maximum absolute atomic E-state index is 3.61. The highest BCUT2D eigenvalue weighted by Gasteiger charge is 1.81. The van der Waals surface area contributed by atoms with E-state index in [0.29, 0.717) is 0 Å². The SMILES string of the molecule is CN1C=C=CN=N1. The minimum Gasteiger partial charge on any atom is -0.249 e. The number of hydrogen-bond donors (Lipinski definition) is 0. The zero-order chi connectivity index (χ0) is 5.11. The first kappa shape index (κ1) is 4.09. The lowest BCUT2D eigenvalue weighted by atomic mass is 10.8. The van der Waals surface area contributed by atoms with Crippen LogP contribution in [0.4, 0.5) is 0 Å². The van der Waals surface area contributed by atoms with Gasteiger partial charge in [0.2, 0.25) is 0 Å². The van der Waals surface area contributed by atoms with E-state index in [1.165, 1.54) is 6.20 Å². The van der Waals surface area contributed by atoms with Gasteiger partial charge in [-0.25, -0.2) is 5.01 Å². The molecule has 0 saturated heterocycles. The van der Waals surface area contributed by atoms with Crippen molar-refractivity contribution in [1.29, 1.82) is 0 Å². The molecule has 1 aliphatic heterocycles. The summed E-state index contributed by atoms with van der Waals surface area (Å²) in [5.41, 5.74) is 2.75. The van der Waals surface area contributed by atoms with Crippen LogP contribution in [0.15, 0.2) is 28.5 Å². The Morgan fingerprint density at radius 3 is 2.86 bits per heavy atom. The molecule has 3 nitrogen and oxygen atoms in total. The van der Waals surface area contributed by atoms with Crippen molar-refractivity contribution < 1.29 is 0 Å². The molecule has 0 radical (unpaired) electrons. The Balaban J connectivity index is 2.77. The first-order chi connectivity index (χ1) is 3.39. The van der Waals surface area contributed by atoms with E-state index in [9.17, 15) is 0 Å². The van der Waals surface area contributed by atoms with Crippen LogP contribution < -0.4 is 0 Å². The lowest BCUT2D eigenvalue weighted by Gasteiger charge is -2.00. The molecule has 1 heterocycles. The monoisotopic (exact) mass is 95.0 g/mol. The molecule has 1 rings (SSSR count). The van der Waals surface area contributed by atoms with Gasteiger partial charge in [0.15, 0.2) is 0 Å². The van der Waals surface area contributed by atoms with Crippen molar-refractivity contribution >= 4 is 0 Å². The van der Waals surface area contributed by atoms with Gasteiger partial charge in [0, 0.05) is 7.05 Å². The summed E-state index contributed by atoms with van der Waals surface area (Å²) in [7, 11) is 1.80. The predicted molar refractivity (Wildman–Crippen MR) is 25.3 cm³/mol. The quantitative estimate of drug-likeness (QED) is 0.411. The van der Waals surface area contributed by atoms with Gasteiger partial charge in [0.25, 0.3) is 0 Å². The molecule has 0 fully saturated rings. The van der Waals surface area contributed by atoms with Crippen molar-refractivity contribution in [3.63, 3.8) is 0 Å². The fourth-order valence-corrected chi connectivity index (χ4v) is 0.308. The van der Waals surface area contributed by atoms with Crippen LogP contribution in [0, 0.1) is 0 Å². The molecule has 0 N–H and O–H groups in total. The summed E-state index contributed by atoms with van der Waals surface area (Å²) in [6.45, 7) is 0. The van der Waals surface area contributed by atoms with Gasteiger partial charge in [-0.3, -0.25) is 0 Å². The molecule has 1 aliphatic rings. The fourth-order valence-electron chi connectivity index (χ4n) is 0.308. The molecule has 0 amide bonds. The summed E-state index contributed by atoms with van der Waals surface area (Å²) >= 11 is 0. The van der Waals surface area contributed by atoms with Crippen LogP contribution >= 0.6 is 0 Å². The van der Waals surface area contributed by atoms with E-state index in [-0.39, 0.29) is 0 Å². The minimum absolute atomic E-state index is 1.51. The Morgan fingerprint density at radius 2 is 2.57 bits per heavy atom. The van der Waals surface area contributed by atoms with Crippen LogP contribution in [0.1, 0.15) is 0 Å². The van der Waals surface area contributed by atoms with Gasteiger partial charge in [-0.05, 0) is 0 Å². The average Bonchev–Trinajstić information content (AvgIpc) is 1.69. The standard InChI is InChI=1S/C4H5N3/c1-7-4-2-3-5-6-7/h3-4H,1H3. The summed E-state index contributed by atoms with van der Waals surface area (Å²) in [5, 5.41) is 8.74. The van der Waals surface area contributed by atoms with Gasteiger partial charge in [-0.2, -0.15) is 0 Å². The molecule has 0 saturated carbocycles. The highest BCUT2D eigenvalue weighted by molar-refractivity contribution is 4.82. The Morgan fingerprint density at radius 1 is 1.71 bits per heavy atom. The van der Waals surface area contributed by atoms with E-state index < -0.39 is 0 Å². The summed E-state index contributed by atoms with van der Waals surface area (Å²) in [6, 6.07) is 0. The van der Waals surface area contributed by atoms with Crippen LogP contribution in [-0.4, -0.2) is 12.1 Å². The Bertz CT molecular complexity index is 141. The lowest BCUT2D eigenvalue weighted by molar-refractivity contribution is 0.451. The van der Waals surface area contributed by atoms with E-state index in [4.69, 9.17) is 0 Å². The van der Waals surface area contributed by atoms with Crippen molar-refractivity contribution in [3.05, 3.63) is 18.1 Å². The molecule has 0 unspecified atom stereocenters. The second-order valence-electron chi connectivity index (χ2n) is 1.20. The van der Waals surface area contributed by atoms with Crippen LogP contribution in [0.3, 0.4) is 0 Å². The maximum atomic E-state index is 3.61. The van der Waals surface area contributed by atoms with Crippen molar-refractivity contribution in [2.45, 2.75) is 0 Å². The second-order valence-corrected chi connectivity index (χ2v) is 1.20.